The fourth-order valence-electron chi connectivity index (χ4n) is 1.45. The predicted molar refractivity (Wildman–Crippen MR) is 65.5 cm³/mol. The Kier molecular flexibility index (Phi) is 13.1. The molecule has 0 aromatic rings. The summed E-state index contributed by atoms with van der Waals surface area (Å²) in [5.41, 5.74) is 0. The van der Waals surface area contributed by atoms with Crippen LogP contribution in [-0.4, -0.2) is 26.8 Å². The molecule has 0 aliphatic carbocycles. The van der Waals surface area contributed by atoms with Gasteiger partial charge in [0.1, 0.15) is 0 Å². The van der Waals surface area contributed by atoms with Crippen molar-refractivity contribution in [2.45, 2.75) is 69.7 Å². The Morgan fingerprint density at radius 1 is 0.867 bits per heavy atom. The van der Waals surface area contributed by atoms with Gasteiger partial charge in [0.05, 0.1) is 0 Å². The monoisotopic (exact) mass is 322 g/mol. The molecule has 0 heterocycles. The van der Waals surface area contributed by atoms with Crippen molar-refractivity contribution in [2.75, 3.05) is 6.61 Å². The van der Waals surface area contributed by atoms with E-state index in [1.54, 1.807) is 0 Å². The Morgan fingerprint density at radius 3 is 2.13 bits per heavy atom. The molecule has 0 bridgehead atoms. The summed E-state index contributed by atoms with van der Waals surface area (Å²) in [5, 5.41) is 0. The second kappa shape index (κ2) is 12.6. The quantitative estimate of drug-likeness (QED) is 0.423. The average molecular weight is 321 g/mol. The average Bonchev–Trinajstić information content (AvgIpc) is 2.23. The van der Waals surface area contributed by atoms with Crippen LogP contribution in [0.3, 0.4) is 0 Å². The second-order valence-corrected chi connectivity index (χ2v) is 8.47. The van der Waals surface area contributed by atoms with Gasteiger partial charge in [-0.25, -0.2) is 0 Å². The summed E-state index contributed by atoms with van der Waals surface area (Å²) in [6, 6.07) is 0. The second-order valence-electron chi connectivity index (χ2n) is 4.09. The Bertz CT molecular complexity index is 149. The van der Waals surface area contributed by atoms with E-state index < -0.39 is 20.2 Å². The van der Waals surface area contributed by atoms with Gasteiger partial charge in [0.15, 0.2) is 0 Å². The van der Waals surface area contributed by atoms with Gasteiger partial charge in [-0.3, -0.25) is 0 Å². The minimum absolute atomic E-state index is 0.727. The van der Waals surface area contributed by atoms with Crippen LogP contribution in [-0.2, 0) is 6.15 Å². The van der Waals surface area contributed by atoms with Crippen molar-refractivity contribution < 1.29 is 6.15 Å². The van der Waals surface area contributed by atoms with Gasteiger partial charge in [-0.05, 0) is 0 Å². The van der Waals surface area contributed by atoms with Crippen molar-refractivity contribution in [3.63, 3.8) is 0 Å². The third-order valence-corrected chi connectivity index (χ3v) is 6.17. The maximum atomic E-state index is 11.5. The van der Waals surface area contributed by atoms with Crippen LogP contribution in [0.2, 0.25) is 4.44 Å². The molecule has 0 rings (SSSR count). The molecule has 0 radical (unpaired) electrons. The van der Waals surface area contributed by atoms with E-state index in [0.29, 0.717) is 0 Å². The fraction of sp³-hybridized carbons (Fsp3) is 1.00. The predicted octanol–water partition coefficient (Wildman–Crippen LogP) is 4.08. The van der Waals surface area contributed by atoms with Gasteiger partial charge in [-0.15, -0.1) is 0 Å². The third-order valence-electron chi connectivity index (χ3n) is 2.50. The van der Waals surface area contributed by atoms with Gasteiger partial charge in [0, 0.05) is 0 Å². The van der Waals surface area contributed by atoms with E-state index in [2.05, 4.69) is 13.8 Å². The standard InChI is InChI=1S/C8H17.C4H9O.O.Sn/c1-3-5-7-8-6-4-2;1-2-3-4-5;;/h1,3-8H2,2H3;2-4H2,1H3;;/q;-1;;+1. The van der Waals surface area contributed by atoms with Crippen LogP contribution in [0.4, 0.5) is 0 Å². The van der Waals surface area contributed by atoms with Crippen LogP contribution < -0.4 is 0 Å². The van der Waals surface area contributed by atoms with Crippen molar-refractivity contribution in [1.82, 2.24) is 0 Å². The molecule has 0 spiro atoms. The van der Waals surface area contributed by atoms with E-state index >= 15 is 0 Å². The van der Waals surface area contributed by atoms with E-state index in [-0.39, 0.29) is 0 Å². The molecule has 0 amide bonds. The topological polar surface area (TPSA) is 26.3 Å². The number of hydrogen-bond donors (Lipinski definition) is 0. The molecule has 0 unspecified atom stereocenters. The molecule has 0 atom stereocenters. The Hall–Kier alpha value is 0.559. The summed E-state index contributed by atoms with van der Waals surface area (Å²) in [4.78, 5) is 0. The number of unbranched alkanes of at least 4 members (excludes halogenated alkanes) is 6. The Balaban J connectivity index is 3.10. The summed E-state index contributed by atoms with van der Waals surface area (Å²) in [5.74, 6) is 0. The molecule has 0 aliphatic rings. The van der Waals surface area contributed by atoms with Gasteiger partial charge >= 0.3 is 103 Å². The first kappa shape index (κ1) is 15.6. The van der Waals surface area contributed by atoms with E-state index in [1.807, 2.05) is 0 Å². The van der Waals surface area contributed by atoms with Gasteiger partial charge in [-0.2, -0.15) is 0 Å². The van der Waals surface area contributed by atoms with Crippen LogP contribution in [0.25, 0.3) is 0 Å². The maximum absolute atomic E-state index is 11.5. The SMILES string of the molecule is CCCCCCC[CH2][Sn](=[O])[O]CCCC. The van der Waals surface area contributed by atoms with Gasteiger partial charge in [0.2, 0.25) is 0 Å². The molecule has 15 heavy (non-hydrogen) atoms. The summed E-state index contributed by atoms with van der Waals surface area (Å²) >= 11 is -2.57. The zero-order chi connectivity index (χ0) is 11.4. The first-order valence-corrected chi connectivity index (χ1v) is 10.8. The van der Waals surface area contributed by atoms with E-state index in [4.69, 9.17) is 3.07 Å². The summed E-state index contributed by atoms with van der Waals surface area (Å²) in [6.45, 7) is 5.08. The first-order chi connectivity index (χ1) is 7.31. The third kappa shape index (κ3) is 12.5. The van der Waals surface area contributed by atoms with Crippen molar-refractivity contribution in [2.24, 2.45) is 0 Å². The molecule has 0 saturated carbocycles. The van der Waals surface area contributed by atoms with Crippen LogP contribution in [0, 0.1) is 0 Å². The van der Waals surface area contributed by atoms with Crippen LogP contribution >= 0.6 is 0 Å². The van der Waals surface area contributed by atoms with Crippen LogP contribution in [0.5, 0.6) is 0 Å². The zero-order valence-corrected chi connectivity index (χ0v) is 13.2. The number of rotatable bonds is 11. The van der Waals surface area contributed by atoms with Crippen molar-refractivity contribution >= 4 is 20.2 Å². The molecule has 0 N–H and O–H groups in total. The van der Waals surface area contributed by atoms with E-state index in [9.17, 15) is 3.08 Å². The van der Waals surface area contributed by atoms with Gasteiger partial charge in [-0.1, -0.05) is 0 Å². The zero-order valence-electron chi connectivity index (χ0n) is 10.4. The molecule has 0 aromatic heterocycles. The summed E-state index contributed by atoms with van der Waals surface area (Å²) in [6.07, 6.45) is 9.83. The molecule has 0 saturated heterocycles. The Labute approximate surface area is 102 Å². The molecular weight excluding hydrogens is 295 g/mol. The molecule has 2 nitrogen and oxygen atoms in total. The van der Waals surface area contributed by atoms with Crippen molar-refractivity contribution in [3.8, 4) is 0 Å². The Morgan fingerprint density at radius 2 is 1.47 bits per heavy atom. The number of hydrogen-bond acceptors (Lipinski definition) is 2. The molecule has 90 valence electrons. The molecule has 0 fully saturated rings. The minimum atomic E-state index is -2.57. The fourth-order valence-corrected chi connectivity index (χ4v) is 4.46. The first-order valence-electron chi connectivity index (χ1n) is 6.46. The van der Waals surface area contributed by atoms with E-state index in [0.717, 1.165) is 30.3 Å². The van der Waals surface area contributed by atoms with Crippen molar-refractivity contribution in [3.05, 3.63) is 0 Å². The molecule has 0 aromatic carbocycles. The van der Waals surface area contributed by atoms with Crippen molar-refractivity contribution in [1.29, 1.82) is 0 Å². The normalized spacial score (nSPS) is 10.5. The van der Waals surface area contributed by atoms with Crippen LogP contribution in [0.1, 0.15) is 65.2 Å². The molecule has 0 aliphatic heterocycles. The van der Waals surface area contributed by atoms with Crippen LogP contribution in [0.15, 0.2) is 0 Å². The summed E-state index contributed by atoms with van der Waals surface area (Å²) < 4.78 is 17.7. The molecular formula is C12H26O2Sn. The molecule has 3 heteroatoms. The summed E-state index contributed by atoms with van der Waals surface area (Å²) in [7, 11) is 0. The van der Waals surface area contributed by atoms with Gasteiger partial charge in [0.25, 0.3) is 0 Å². The van der Waals surface area contributed by atoms with E-state index in [1.165, 1.54) is 32.1 Å². The van der Waals surface area contributed by atoms with Gasteiger partial charge < -0.3 is 0 Å².